The first-order chi connectivity index (χ1) is 13.9. The van der Waals surface area contributed by atoms with E-state index in [1.165, 1.54) is 4.88 Å². The molecule has 6 nitrogen and oxygen atoms in total. The topological polar surface area (TPSA) is 67.6 Å². The molecule has 3 rings (SSSR count). The van der Waals surface area contributed by atoms with Crippen LogP contribution in [0, 0.1) is 13.8 Å². The number of hydrogen-bond donors (Lipinski definition) is 1. The van der Waals surface area contributed by atoms with Crippen molar-refractivity contribution in [3.63, 3.8) is 0 Å². The fourth-order valence-electron chi connectivity index (χ4n) is 3.04. The highest BCUT2D eigenvalue weighted by Crippen LogP contribution is 2.22. The molecule has 0 saturated carbocycles. The van der Waals surface area contributed by atoms with Crippen LogP contribution in [0.1, 0.15) is 33.5 Å². The number of nitrogens with zero attached hydrogens (tertiary/aromatic N) is 2. The fraction of sp³-hybridized carbons (Fsp3) is 0.364. The van der Waals surface area contributed by atoms with Crippen LogP contribution in [0.5, 0.6) is 5.75 Å². The molecule has 7 heteroatoms. The van der Waals surface area contributed by atoms with Gasteiger partial charge < -0.3 is 19.5 Å². The number of carbonyl (C=O) groups is 1. The number of rotatable bonds is 9. The van der Waals surface area contributed by atoms with Crippen LogP contribution in [0.2, 0.25) is 0 Å². The van der Waals surface area contributed by atoms with Gasteiger partial charge in [0.25, 0.3) is 0 Å². The summed E-state index contributed by atoms with van der Waals surface area (Å²) in [6.45, 7) is 4.77. The first kappa shape index (κ1) is 21.1. The van der Waals surface area contributed by atoms with E-state index in [0.29, 0.717) is 19.6 Å². The summed E-state index contributed by atoms with van der Waals surface area (Å²) in [6, 6.07) is 11.9. The van der Waals surface area contributed by atoms with Crippen molar-refractivity contribution in [2.75, 3.05) is 20.6 Å². The molecular weight excluding hydrogens is 386 g/mol. The summed E-state index contributed by atoms with van der Waals surface area (Å²) < 4.78 is 11.0. The number of thiophene rings is 1. The molecule has 0 aliphatic heterocycles. The number of amides is 1. The van der Waals surface area contributed by atoms with Gasteiger partial charge in [-0.25, -0.2) is 0 Å². The summed E-state index contributed by atoms with van der Waals surface area (Å²) >= 11 is 1.71. The Bertz CT molecular complexity index is 898. The second-order valence-corrected chi connectivity index (χ2v) is 8.19. The van der Waals surface area contributed by atoms with E-state index in [0.717, 1.165) is 28.3 Å². The first-order valence-electron chi connectivity index (χ1n) is 9.54. The second kappa shape index (κ2) is 9.71. The predicted molar refractivity (Wildman–Crippen MR) is 114 cm³/mol. The number of ether oxygens (including phenoxy) is 1. The van der Waals surface area contributed by atoms with Crippen molar-refractivity contribution in [1.82, 2.24) is 15.4 Å². The van der Waals surface area contributed by atoms with E-state index in [2.05, 4.69) is 26.8 Å². The van der Waals surface area contributed by atoms with Crippen LogP contribution in [-0.2, 0) is 17.8 Å². The zero-order chi connectivity index (χ0) is 20.8. The Morgan fingerprint density at radius 3 is 2.59 bits per heavy atom. The monoisotopic (exact) mass is 413 g/mol. The Labute approximate surface area is 175 Å². The average molecular weight is 414 g/mol. The fourth-order valence-corrected chi connectivity index (χ4v) is 3.97. The van der Waals surface area contributed by atoms with E-state index in [9.17, 15) is 4.79 Å². The molecule has 0 unspecified atom stereocenters. The van der Waals surface area contributed by atoms with Crippen molar-refractivity contribution in [2.45, 2.75) is 32.9 Å². The summed E-state index contributed by atoms with van der Waals surface area (Å²) in [4.78, 5) is 15.7. The summed E-state index contributed by atoms with van der Waals surface area (Å²) in [6.07, 6.45) is 0.342. The van der Waals surface area contributed by atoms with Gasteiger partial charge in [0.05, 0.1) is 23.7 Å². The summed E-state index contributed by atoms with van der Waals surface area (Å²) in [7, 11) is 4.05. The molecular formula is C22H27N3O3S. The lowest BCUT2D eigenvalue weighted by molar-refractivity contribution is -0.120. The standard InChI is InChI=1S/C22H27N3O3S/c1-15-19(16(2)28-24-15)14-27-18-9-7-17(8-10-18)12-22(26)23-13-20(25(3)4)21-6-5-11-29-21/h5-11,20H,12-14H2,1-4H3,(H,23,26)/t20-/m0/s1. The highest BCUT2D eigenvalue weighted by atomic mass is 32.1. The minimum absolute atomic E-state index is 0.0118. The van der Waals surface area contributed by atoms with Gasteiger partial charge in [-0.05, 0) is 57.1 Å². The van der Waals surface area contributed by atoms with Crippen molar-refractivity contribution in [1.29, 1.82) is 0 Å². The smallest absolute Gasteiger partial charge is 0.224 e. The maximum atomic E-state index is 12.4. The zero-order valence-electron chi connectivity index (χ0n) is 17.3. The lowest BCUT2D eigenvalue weighted by Crippen LogP contribution is -2.34. The average Bonchev–Trinajstić information content (AvgIpc) is 3.32. The van der Waals surface area contributed by atoms with E-state index < -0.39 is 0 Å². The minimum Gasteiger partial charge on any atom is -0.489 e. The number of likely N-dealkylation sites (N-methyl/N-ethyl adjacent to an activating group) is 1. The summed E-state index contributed by atoms with van der Waals surface area (Å²) in [5.74, 6) is 1.53. The van der Waals surface area contributed by atoms with Gasteiger partial charge in [-0.15, -0.1) is 11.3 Å². The number of carbonyl (C=O) groups excluding carboxylic acids is 1. The van der Waals surface area contributed by atoms with E-state index in [-0.39, 0.29) is 11.9 Å². The third-order valence-corrected chi connectivity index (χ3v) is 5.81. The molecule has 1 N–H and O–H groups in total. The minimum atomic E-state index is 0.0118. The molecule has 29 heavy (non-hydrogen) atoms. The molecule has 2 aromatic heterocycles. The number of hydrogen-bond acceptors (Lipinski definition) is 6. The molecule has 0 fully saturated rings. The van der Waals surface area contributed by atoms with E-state index in [1.807, 2.05) is 58.3 Å². The maximum Gasteiger partial charge on any atom is 0.224 e. The van der Waals surface area contributed by atoms with Crippen LogP contribution < -0.4 is 10.1 Å². The molecule has 0 aliphatic rings. The number of aromatic nitrogens is 1. The zero-order valence-corrected chi connectivity index (χ0v) is 18.1. The van der Waals surface area contributed by atoms with Gasteiger partial charge in [0.15, 0.2) is 0 Å². The van der Waals surface area contributed by atoms with Crippen molar-refractivity contribution in [3.8, 4) is 5.75 Å². The van der Waals surface area contributed by atoms with Crippen LogP contribution >= 0.6 is 11.3 Å². The molecule has 3 aromatic rings. The third kappa shape index (κ3) is 5.68. The van der Waals surface area contributed by atoms with Gasteiger partial charge in [-0.3, -0.25) is 4.79 Å². The third-order valence-electron chi connectivity index (χ3n) is 4.84. The Morgan fingerprint density at radius 1 is 1.24 bits per heavy atom. The quantitative estimate of drug-likeness (QED) is 0.576. The molecule has 1 atom stereocenters. The molecule has 1 aromatic carbocycles. The molecule has 154 valence electrons. The van der Waals surface area contributed by atoms with Crippen molar-refractivity contribution in [3.05, 3.63) is 69.2 Å². The van der Waals surface area contributed by atoms with Crippen LogP contribution in [0.25, 0.3) is 0 Å². The van der Waals surface area contributed by atoms with Crippen LogP contribution in [-0.4, -0.2) is 36.6 Å². The van der Waals surface area contributed by atoms with Crippen LogP contribution in [0.3, 0.4) is 0 Å². The normalized spacial score (nSPS) is 12.2. The largest absolute Gasteiger partial charge is 0.489 e. The molecule has 2 heterocycles. The van der Waals surface area contributed by atoms with Gasteiger partial charge in [0.1, 0.15) is 18.1 Å². The highest BCUT2D eigenvalue weighted by Gasteiger charge is 2.16. The first-order valence-corrected chi connectivity index (χ1v) is 10.4. The second-order valence-electron chi connectivity index (χ2n) is 7.21. The van der Waals surface area contributed by atoms with Crippen LogP contribution in [0.15, 0.2) is 46.3 Å². The predicted octanol–water partition coefficient (Wildman–Crippen LogP) is 3.89. The number of benzene rings is 1. The molecule has 0 spiro atoms. The highest BCUT2D eigenvalue weighted by molar-refractivity contribution is 7.10. The number of nitrogens with one attached hydrogen (secondary N) is 1. The molecule has 1 amide bonds. The van der Waals surface area contributed by atoms with Gasteiger partial charge in [-0.2, -0.15) is 0 Å². The summed E-state index contributed by atoms with van der Waals surface area (Å²) in [5, 5.41) is 9.04. The molecule has 0 bridgehead atoms. The van der Waals surface area contributed by atoms with Gasteiger partial charge in [0, 0.05) is 11.4 Å². The lowest BCUT2D eigenvalue weighted by Gasteiger charge is -2.23. The van der Waals surface area contributed by atoms with Crippen molar-refractivity contribution < 1.29 is 14.1 Å². The van der Waals surface area contributed by atoms with Crippen molar-refractivity contribution >= 4 is 17.2 Å². The Morgan fingerprint density at radius 2 is 2.00 bits per heavy atom. The van der Waals surface area contributed by atoms with E-state index in [1.54, 1.807) is 11.3 Å². The Balaban J connectivity index is 1.49. The maximum absolute atomic E-state index is 12.4. The van der Waals surface area contributed by atoms with Gasteiger partial charge in [-0.1, -0.05) is 23.4 Å². The van der Waals surface area contributed by atoms with E-state index in [4.69, 9.17) is 9.26 Å². The van der Waals surface area contributed by atoms with Gasteiger partial charge >= 0.3 is 0 Å². The van der Waals surface area contributed by atoms with Crippen LogP contribution in [0.4, 0.5) is 0 Å². The van der Waals surface area contributed by atoms with Crippen molar-refractivity contribution in [2.24, 2.45) is 0 Å². The SMILES string of the molecule is Cc1noc(C)c1COc1ccc(CC(=O)NC[C@@H](c2cccs2)N(C)C)cc1. The Kier molecular flexibility index (Phi) is 7.06. The summed E-state index contributed by atoms with van der Waals surface area (Å²) in [5.41, 5.74) is 2.76. The molecule has 0 saturated heterocycles. The number of aryl methyl sites for hydroxylation is 2. The molecule has 0 radical (unpaired) electrons. The molecule has 0 aliphatic carbocycles. The Hall–Kier alpha value is -2.64. The van der Waals surface area contributed by atoms with E-state index >= 15 is 0 Å². The van der Waals surface area contributed by atoms with Gasteiger partial charge in [0.2, 0.25) is 5.91 Å². The lowest BCUT2D eigenvalue weighted by atomic mass is 10.1.